The Labute approximate surface area is 168 Å². The number of hydrogen-bond donors (Lipinski definition) is 1. The largest absolute Gasteiger partial charge is 0.353 e. The lowest BCUT2D eigenvalue weighted by molar-refractivity contribution is -0.120. The summed E-state index contributed by atoms with van der Waals surface area (Å²) in [5.74, 6) is 0.937. The van der Waals surface area contributed by atoms with Gasteiger partial charge in [0.25, 0.3) is 5.56 Å². The molecular weight excluding hydrogens is 374 g/mol. The van der Waals surface area contributed by atoms with Gasteiger partial charge in [0.15, 0.2) is 5.16 Å². The lowest BCUT2D eigenvalue weighted by Crippen LogP contribution is -2.36. The molecule has 0 radical (unpaired) electrons. The van der Waals surface area contributed by atoms with Gasteiger partial charge in [-0.2, -0.15) is 0 Å². The standard InChI is InChI=1S/C20H27N5O2S/c1-12(2)10-11-24-18(27)15-8-6-7-9-16(15)25-19(24)22-23-20(25)28-14(5)17(26)21-13(3)4/h6-9,12-14H,10-11H2,1-5H3,(H,21,26). The van der Waals surface area contributed by atoms with Gasteiger partial charge in [0, 0.05) is 12.6 Å². The van der Waals surface area contributed by atoms with E-state index in [2.05, 4.69) is 29.4 Å². The summed E-state index contributed by atoms with van der Waals surface area (Å²) in [7, 11) is 0. The van der Waals surface area contributed by atoms with Crippen LogP contribution >= 0.6 is 11.8 Å². The molecule has 2 heterocycles. The van der Waals surface area contributed by atoms with Crippen molar-refractivity contribution in [3.05, 3.63) is 34.6 Å². The van der Waals surface area contributed by atoms with E-state index in [0.29, 0.717) is 28.8 Å². The number of amides is 1. The minimum absolute atomic E-state index is 0.0471. The number of benzene rings is 1. The summed E-state index contributed by atoms with van der Waals surface area (Å²) in [4.78, 5) is 25.4. The molecule has 8 heteroatoms. The number of nitrogens with one attached hydrogen (secondary N) is 1. The monoisotopic (exact) mass is 401 g/mol. The van der Waals surface area contributed by atoms with Gasteiger partial charge in [-0.05, 0) is 45.2 Å². The van der Waals surface area contributed by atoms with Crippen LogP contribution in [-0.4, -0.2) is 36.4 Å². The van der Waals surface area contributed by atoms with Crippen LogP contribution in [0.4, 0.5) is 0 Å². The van der Waals surface area contributed by atoms with Crippen LogP contribution < -0.4 is 10.9 Å². The minimum atomic E-state index is -0.329. The zero-order chi connectivity index (χ0) is 20.4. The summed E-state index contributed by atoms with van der Waals surface area (Å²) < 4.78 is 3.58. The fourth-order valence-corrected chi connectivity index (χ4v) is 3.88. The Hall–Kier alpha value is -2.35. The van der Waals surface area contributed by atoms with Crippen LogP contribution in [0.5, 0.6) is 0 Å². The van der Waals surface area contributed by atoms with E-state index < -0.39 is 0 Å². The third-order valence-corrected chi connectivity index (χ3v) is 5.53. The molecule has 2 aromatic heterocycles. The van der Waals surface area contributed by atoms with Crippen molar-refractivity contribution in [2.45, 2.75) is 64.0 Å². The summed E-state index contributed by atoms with van der Waals surface area (Å²) in [5.41, 5.74) is 0.700. The maximum atomic E-state index is 13.0. The topological polar surface area (TPSA) is 81.3 Å². The van der Waals surface area contributed by atoms with E-state index in [1.54, 1.807) is 4.57 Å². The van der Waals surface area contributed by atoms with E-state index in [0.717, 1.165) is 11.9 Å². The van der Waals surface area contributed by atoms with Gasteiger partial charge in [-0.3, -0.25) is 18.6 Å². The van der Waals surface area contributed by atoms with Crippen molar-refractivity contribution in [1.82, 2.24) is 24.5 Å². The first-order valence-corrected chi connectivity index (χ1v) is 10.5. The van der Waals surface area contributed by atoms with Crippen LogP contribution in [0.2, 0.25) is 0 Å². The fourth-order valence-electron chi connectivity index (χ4n) is 3.01. The van der Waals surface area contributed by atoms with Gasteiger partial charge in [0.1, 0.15) is 0 Å². The number of rotatable bonds is 7. The number of thioether (sulfide) groups is 1. The second kappa shape index (κ2) is 8.34. The zero-order valence-electron chi connectivity index (χ0n) is 17.0. The van der Waals surface area contributed by atoms with Gasteiger partial charge in [0.05, 0.1) is 16.2 Å². The molecule has 0 saturated carbocycles. The van der Waals surface area contributed by atoms with Crippen LogP contribution in [0.25, 0.3) is 16.7 Å². The quantitative estimate of drug-likeness (QED) is 0.615. The molecule has 0 fully saturated rings. The van der Waals surface area contributed by atoms with Crippen LogP contribution in [0.15, 0.2) is 34.2 Å². The van der Waals surface area contributed by atoms with E-state index in [1.807, 2.05) is 49.4 Å². The number of fused-ring (bicyclic) bond motifs is 3. The predicted octanol–water partition coefficient (Wildman–Crippen LogP) is 3.10. The van der Waals surface area contributed by atoms with Crippen molar-refractivity contribution >= 4 is 34.3 Å². The van der Waals surface area contributed by atoms with Crippen molar-refractivity contribution < 1.29 is 4.79 Å². The summed E-state index contributed by atoms with van der Waals surface area (Å²) in [5, 5.41) is 12.4. The number of hydrogen-bond acceptors (Lipinski definition) is 5. The van der Waals surface area contributed by atoms with Crippen LogP contribution in [-0.2, 0) is 11.3 Å². The first-order chi connectivity index (χ1) is 13.3. The first-order valence-electron chi connectivity index (χ1n) is 9.63. The normalized spacial score (nSPS) is 13.0. The molecule has 0 aliphatic heterocycles. The van der Waals surface area contributed by atoms with Gasteiger partial charge in [-0.15, -0.1) is 10.2 Å². The lowest BCUT2D eigenvalue weighted by atomic mass is 10.1. The average Bonchev–Trinajstić information content (AvgIpc) is 3.04. The molecule has 7 nitrogen and oxygen atoms in total. The van der Waals surface area contributed by atoms with E-state index in [1.165, 1.54) is 11.8 Å². The average molecular weight is 402 g/mol. The van der Waals surface area contributed by atoms with E-state index in [4.69, 9.17) is 0 Å². The maximum absolute atomic E-state index is 13.0. The Bertz CT molecular complexity index is 1050. The Morgan fingerprint density at radius 1 is 1.14 bits per heavy atom. The van der Waals surface area contributed by atoms with Crippen molar-refractivity contribution in [2.75, 3.05) is 0 Å². The SMILES string of the molecule is CC(C)CCn1c(=O)c2ccccc2n2c(SC(C)C(=O)NC(C)C)nnc12. The highest BCUT2D eigenvalue weighted by molar-refractivity contribution is 8.00. The number of aromatic nitrogens is 4. The van der Waals surface area contributed by atoms with Gasteiger partial charge in [0.2, 0.25) is 11.7 Å². The smallest absolute Gasteiger partial charge is 0.262 e. The second-order valence-corrected chi connectivity index (χ2v) is 9.01. The molecule has 0 aliphatic carbocycles. The highest BCUT2D eigenvalue weighted by atomic mass is 32.2. The molecule has 3 aromatic rings. The van der Waals surface area contributed by atoms with Gasteiger partial charge in [-0.1, -0.05) is 37.7 Å². The molecule has 0 aliphatic rings. The molecule has 3 rings (SSSR count). The van der Waals surface area contributed by atoms with Gasteiger partial charge >= 0.3 is 0 Å². The summed E-state index contributed by atoms with van der Waals surface area (Å²) in [6.45, 7) is 10.6. The third kappa shape index (κ3) is 4.06. The molecule has 1 aromatic carbocycles. The number of aryl methyl sites for hydroxylation is 1. The van der Waals surface area contributed by atoms with Crippen molar-refractivity contribution in [3.8, 4) is 0 Å². The molecule has 1 N–H and O–H groups in total. The van der Waals surface area contributed by atoms with E-state index in [9.17, 15) is 9.59 Å². The number of carbonyl (C=O) groups excluding carboxylic acids is 1. The van der Waals surface area contributed by atoms with Crippen molar-refractivity contribution in [2.24, 2.45) is 5.92 Å². The fraction of sp³-hybridized carbons (Fsp3) is 0.500. The summed E-state index contributed by atoms with van der Waals surface area (Å²) in [6.07, 6.45) is 0.871. The minimum Gasteiger partial charge on any atom is -0.353 e. The molecule has 0 spiro atoms. The highest BCUT2D eigenvalue weighted by Crippen LogP contribution is 2.25. The Kier molecular flexibility index (Phi) is 6.07. The molecule has 1 amide bonds. The number of carbonyl (C=O) groups is 1. The highest BCUT2D eigenvalue weighted by Gasteiger charge is 2.21. The molecule has 150 valence electrons. The Morgan fingerprint density at radius 2 is 1.86 bits per heavy atom. The van der Waals surface area contributed by atoms with Crippen molar-refractivity contribution in [3.63, 3.8) is 0 Å². The molecule has 1 unspecified atom stereocenters. The van der Waals surface area contributed by atoms with E-state index in [-0.39, 0.29) is 22.8 Å². The summed E-state index contributed by atoms with van der Waals surface area (Å²) >= 11 is 1.35. The summed E-state index contributed by atoms with van der Waals surface area (Å²) in [6, 6.07) is 7.55. The Balaban J connectivity index is 2.11. The molecule has 28 heavy (non-hydrogen) atoms. The molecule has 1 atom stereocenters. The van der Waals surface area contributed by atoms with Crippen molar-refractivity contribution in [1.29, 1.82) is 0 Å². The third-order valence-electron chi connectivity index (χ3n) is 4.49. The molecule has 0 bridgehead atoms. The van der Waals surface area contributed by atoms with E-state index >= 15 is 0 Å². The molecule has 0 saturated heterocycles. The molecular formula is C20H27N5O2S. The zero-order valence-corrected chi connectivity index (χ0v) is 17.8. The van der Waals surface area contributed by atoms with Gasteiger partial charge < -0.3 is 5.32 Å². The predicted molar refractivity (Wildman–Crippen MR) is 113 cm³/mol. The van der Waals surface area contributed by atoms with Gasteiger partial charge in [-0.25, -0.2) is 0 Å². The van der Waals surface area contributed by atoms with Crippen LogP contribution in [0.1, 0.15) is 41.0 Å². The number of para-hydroxylation sites is 1. The lowest BCUT2D eigenvalue weighted by Gasteiger charge is -2.15. The number of nitrogens with zero attached hydrogens (tertiary/aromatic N) is 4. The van der Waals surface area contributed by atoms with Crippen LogP contribution in [0.3, 0.4) is 0 Å². The maximum Gasteiger partial charge on any atom is 0.262 e. The first kappa shape index (κ1) is 20.4. The van der Waals surface area contributed by atoms with Crippen LogP contribution in [0, 0.1) is 5.92 Å². The second-order valence-electron chi connectivity index (χ2n) is 7.70. The Morgan fingerprint density at radius 3 is 2.54 bits per heavy atom.